The molecule has 0 aliphatic rings. The molecule has 1 aromatic heterocycles. The van der Waals surface area contributed by atoms with Gasteiger partial charge >= 0.3 is 0 Å². The van der Waals surface area contributed by atoms with Crippen LogP contribution >= 0.6 is 0 Å². The first-order valence-corrected chi connectivity index (χ1v) is 10.5. The van der Waals surface area contributed by atoms with E-state index in [4.69, 9.17) is 9.47 Å². The topological polar surface area (TPSA) is 65.4 Å². The lowest BCUT2D eigenvalue weighted by molar-refractivity contribution is 0.0940. The first-order chi connectivity index (χ1) is 15.5. The molecule has 0 aliphatic heterocycles. The van der Waals surface area contributed by atoms with Crippen LogP contribution in [0, 0.1) is 6.92 Å². The lowest BCUT2D eigenvalue weighted by Gasteiger charge is -2.17. The minimum absolute atomic E-state index is 0.141. The minimum atomic E-state index is -0.199. The number of fused-ring (bicyclic) bond motifs is 1. The van der Waals surface area contributed by atoms with Crippen molar-refractivity contribution in [1.82, 2.24) is 15.1 Å². The van der Waals surface area contributed by atoms with Crippen molar-refractivity contribution >= 4 is 16.8 Å². The first kappa shape index (κ1) is 21.4. The van der Waals surface area contributed by atoms with Gasteiger partial charge in [-0.15, -0.1) is 0 Å². The molecule has 32 heavy (non-hydrogen) atoms. The highest BCUT2D eigenvalue weighted by Gasteiger charge is 2.15. The standard InChI is InChI=1S/C26H27N3O3/c1-17-5-7-19(8-6-17)16-29-23-13-21(9-10-22(23)15-27-29)26(30)28-18(2)20-11-12-24(31-3)25(14-20)32-4/h5-15,18H,16H2,1-4H3,(H,28,30)/t18-/m1/s1. The molecule has 0 bridgehead atoms. The Kier molecular flexibility index (Phi) is 6.12. The fourth-order valence-electron chi connectivity index (χ4n) is 3.69. The van der Waals surface area contributed by atoms with Gasteiger partial charge in [-0.2, -0.15) is 5.10 Å². The molecule has 0 spiro atoms. The van der Waals surface area contributed by atoms with Crippen LogP contribution in [-0.4, -0.2) is 29.9 Å². The van der Waals surface area contributed by atoms with E-state index in [1.165, 1.54) is 5.56 Å². The lowest BCUT2D eigenvalue weighted by Crippen LogP contribution is -2.26. The first-order valence-electron chi connectivity index (χ1n) is 10.5. The van der Waals surface area contributed by atoms with Crippen LogP contribution in [0.2, 0.25) is 0 Å². The number of amides is 1. The number of hydrogen-bond donors (Lipinski definition) is 1. The van der Waals surface area contributed by atoms with Crippen molar-refractivity contribution in [3.05, 3.63) is 89.1 Å². The minimum Gasteiger partial charge on any atom is -0.493 e. The molecule has 0 aliphatic carbocycles. The van der Waals surface area contributed by atoms with Crippen LogP contribution < -0.4 is 14.8 Å². The van der Waals surface area contributed by atoms with E-state index in [-0.39, 0.29) is 11.9 Å². The predicted octanol–water partition coefficient (Wildman–Crippen LogP) is 4.90. The molecule has 0 fully saturated rings. The molecule has 4 aromatic rings. The van der Waals surface area contributed by atoms with Crippen LogP contribution in [-0.2, 0) is 6.54 Å². The molecule has 6 heteroatoms. The molecule has 1 heterocycles. The summed E-state index contributed by atoms with van der Waals surface area (Å²) in [6.45, 7) is 4.66. The quantitative estimate of drug-likeness (QED) is 0.454. The predicted molar refractivity (Wildman–Crippen MR) is 125 cm³/mol. The Hall–Kier alpha value is -3.80. The molecule has 4 rings (SSSR count). The number of carbonyl (C=O) groups excluding carboxylic acids is 1. The second-order valence-corrected chi connectivity index (χ2v) is 7.87. The van der Waals surface area contributed by atoms with Gasteiger partial charge < -0.3 is 14.8 Å². The highest BCUT2D eigenvalue weighted by Crippen LogP contribution is 2.30. The van der Waals surface area contributed by atoms with Crippen LogP contribution in [0.4, 0.5) is 0 Å². The molecule has 0 saturated carbocycles. The summed E-state index contributed by atoms with van der Waals surface area (Å²) in [5, 5.41) is 8.59. The number of hydrogen-bond acceptors (Lipinski definition) is 4. The lowest BCUT2D eigenvalue weighted by atomic mass is 10.1. The maximum atomic E-state index is 13.0. The van der Waals surface area contributed by atoms with Crippen molar-refractivity contribution in [3.8, 4) is 11.5 Å². The zero-order chi connectivity index (χ0) is 22.7. The fraction of sp³-hybridized carbons (Fsp3) is 0.231. The molecular weight excluding hydrogens is 402 g/mol. The Morgan fingerprint density at radius 3 is 2.47 bits per heavy atom. The third-order valence-corrected chi connectivity index (χ3v) is 5.62. The number of ether oxygens (including phenoxy) is 2. The number of carbonyl (C=O) groups is 1. The molecule has 164 valence electrons. The van der Waals surface area contributed by atoms with Gasteiger partial charge in [-0.05, 0) is 49.2 Å². The van der Waals surface area contributed by atoms with E-state index < -0.39 is 0 Å². The Morgan fingerprint density at radius 1 is 1.00 bits per heavy atom. The van der Waals surface area contributed by atoms with Crippen LogP contribution in [0.3, 0.4) is 0 Å². The Morgan fingerprint density at radius 2 is 1.75 bits per heavy atom. The van der Waals surface area contributed by atoms with Crippen molar-refractivity contribution in [2.45, 2.75) is 26.4 Å². The monoisotopic (exact) mass is 429 g/mol. The summed E-state index contributed by atoms with van der Waals surface area (Å²) in [4.78, 5) is 13.0. The van der Waals surface area contributed by atoms with Crippen molar-refractivity contribution in [2.24, 2.45) is 0 Å². The molecule has 1 atom stereocenters. The summed E-state index contributed by atoms with van der Waals surface area (Å²) in [5.41, 5.74) is 4.84. The second kappa shape index (κ2) is 9.14. The molecule has 0 radical (unpaired) electrons. The third kappa shape index (κ3) is 4.44. The molecule has 6 nitrogen and oxygen atoms in total. The van der Waals surface area contributed by atoms with Crippen LogP contribution in [0.1, 0.15) is 40.0 Å². The smallest absolute Gasteiger partial charge is 0.251 e. The van der Waals surface area contributed by atoms with Gasteiger partial charge in [0.25, 0.3) is 5.91 Å². The fourth-order valence-corrected chi connectivity index (χ4v) is 3.69. The molecule has 1 N–H and O–H groups in total. The van der Waals surface area contributed by atoms with Gasteiger partial charge in [-0.1, -0.05) is 42.0 Å². The number of nitrogens with one attached hydrogen (secondary N) is 1. The van der Waals surface area contributed by atoms with Crippen molar-refractivity contribution < 1.29 is 14.3 Å². The van der Waals surface area contributed by atoms with Gasteiger partial charge in [0.1, 0.15) is 0 Å². The summed E-state index contributed by atoms with van der Waals surface area (Å²) in [5.74, 6) is 1.15. The van der Waals surface area contributed by atoms with E-state index in [1.54, 1.807) is 14.2 Å². The zero-order valence-electron chi connectivity index (χ0n) is 18.8. The Labute approximate surface area is 187 Å². The van der Waals surface area contributed by atoms with Gasteiger partial charge in [0, 0.05) is 10.9 Å². The van der Waals surface area contributed by atoms with Crippen LogP contribution in [0.5, 0.6) is 11.5 Å². The van der Waals surface area contributed by atoms with E-state index in [0.29, 0.717) is 23.6 Å². The highest BCUT2D eigenvalue weighted by atomic mass is 16.5. The van der Waals surface area contributed by atoms with Crippen LogP contribution in [0.25, 0.3) is 10.9 Å². The van der Waals surface area contributed by atoms with E-state index in [9.17, 15) is 4.79 Å². The zero-order valence-corrected chi connectivity index (χ0v) is 18.8. The van der Waals surface area contributed by atoms with Crippen LogP contribution in [0.15, 0.2) is 66.9 Å². The van der Waals surface area contributed by atoms with E-state index >= 15 is 0 Å². The second-order valence-electron chi connectivity index (χ2n) is 7.87. The van der Waals surface area contributed by atoms with Gasteiger partial charge in [-0.25, -0.2) is 0 Å². The van der Waals surface area contributed by atoms with E-state index in [1.807, 2.05) is 54.2 Å². The maximum absolute atomic E-state index is 13.0. The molecule has 3 aromatic carbocycles. The van der Waals surface area contributed by atoms with Crippen molar-refractivity contribution in [1.29, 1.82) is 0 Å². The number of benzene rings is 3. The normalized spacial score (nSPS) is 11.9. The summed E-state index contributed by atoms with van der Waals surface area (Å²) in [6, 6.07) is 19.5. The van der Waals surface area contributed by atoms with E-state index in [0.717, 1.165) is 22.0 Å². The average molecular weight is 430 g/mol. The van der Waals surface area contributed by atoms with E-state index in [2.05, 4.69) is 41.6 Å². The number of nitrogens with zero attached hydrogens (tertiary/aromatic N) is 2. The third-order valence-electron chi connectivity index (χ3n) is 5.62. The largest absolute Gasteiger partial charge is 0.493 e. The number of aromatic nitrogens is 2. The summed E-state index contributed by atoms with van der Waals surface area (Å²) in [7, 11) is 3.20. The molecule has 0 saturated heterocycles. The number of aryl methyl sites for hydroxylation is 1. The van der Waals surface area contributed by atoms with Gasteiger partial charge in [0.15, 0.2) is 11.5 Å². The molecule has 1 amide bonds. The Bertz CT molecular complexity index is 1250. The molecular formula is C26H27N3O3. The van der Waals surface area contributed by atoms with Gasteiger partial charge in [0.2, 0.25) is 0 Å². The number of methoxy groups -OCH3 is 2. The number of rotatable bonds is 7. The summed E-state index contributed by atoms with van der Waals surface area (Å²) >= 11 is 0. The summed E-state index contributed by atoms with van der Waals surface area (Å²) < 4.78 is 12.6. The highest BCUT2D eigenvalue weighted by molar-refractivity contribution is 5.98. The Balaban J connectivity index is 1.54. The SMILES string of the molecule is COc1ccc([C@@H](C)NC(=O)c2ccc3cnn(Cc4ccc(C)cc4)c3c2)cc1OC. The van der Waals surface area contributed by atoms with Gasteiger partial charge in [0.05, 0.1) is 38.5 Å². The molecule has 0 unspecified atom stereocenters. The van der Waals surface area contributed by atoms with Crippen molar-refractivity contribution in [3.63, 3.8) is 0 Å². The van der Waals surface area contributed by atoms with Gasteiger partial charge in [-0.3, -0.25) is 9.48 Å². The van der Waals surface area contributed by atoms with Crippen molar-refractivity contribution in [2.75, 3.05) is 14.2 Å². The summed E-state index contributed by atoms with van der Waals surface area (Å²) in [6.07, 6.45) is 1.83. The maximum Gasteiger partial charge on any atom is 0.251 e. The average Bonchev–Trinajstić information content (AvgIpc) is 3.21.